The first kappa shape index (κ1) is 18.2. The highest BCUT2D eigenvalue weighted by molar-refractivity contribution is 5.45. The molecule has 2 saturated heterocycles. The Labute approximate surface area is 161 Å². The number of hydrogen-bond acceptors (Lipinski definition) is 7. The van der Waals surface area contributed by atoms with Crippen molar-refractivity contribution in [2.45, 2.75) is 38.1 Å². The molecule has 0 radical (unpaired) electrons. The Balaban J connectivity index is 1.48. The fraction of sp³-hybridized carbons (Fsp3) is 0.684. The lowest BCUT2D eigenvalue weighted by Crippen LogP contribution is -2.36. The molecule has 2 aliphatic rings. The van der Waals surface area contributed by atoms with Crippen molar-refractivity contribution in [1.82, 2.24) is 29.6 Å². The minimum atomic E-state index is 0.383. The zero-order valence-corrected chi connectivity index (χ0v) is 16.7. The Hall–Kier alpha value is -2.22. The molecule has 0 aliphatic carbocycles. The summed E-state index contributed by atoms with van der Waals surface area (Å²) in [6.45, 7) is 5.21. The van der Waals surface area contributed by atoms with E-state index in [1.807, 2.05) is 25.2 Å². The first-order valence-corrected chi connectivity index (χ1v) is 9.96. The van der Waals surface area contributed by atoms with Crippen molar-refractivity contribution < 1.29 is 0 Å². The second kappa shape index (κ2) is 7.80. The van der Waals surface area contributed by atoms with Crippen LogP contribution in [0.4, 0.5) is 11.6 Å². The Morgan fingerprint density at radius 1 is 1.07 bits per heavy atom. The second-order valence-electron chi connectivity index (χ2n) is 7.93. The maximum atomic E-state index is 4.76. The topological polar surface area (TPSA) is 66.2 Å². The van der Waals surface area contributed by atoms with Crippen LogP contribution < -0.4 is 9.80 Å². The van der Waals surface area contributed by atoms with Gasteiger partial charge in [-0.15, -0.1) is 10.2 Å². The molecule has 2 fully saturated rings. The van der Waals surface area contributed by atoms with E-state index in [1.165, 1.54) is 25.9 Å². The summed E-state index contributed by atoms with van der Waals surface area (Å²) < 4.78 is 2.22. The first-order valence-electron chi connectivity index (χ1n) is 9.96. The minimum Gasteiger partial charge on any atom is -0.361 e. The molecule has 2 aromatic rings. The molecule has 2 aliphatic heterocycles. The number of aromatic nitrogens is 5. The molecule has 146 valence electrons. The number of nitrogens with zero attached hydrogens (tertiary/aromatic N) is 8. The van der Waals surface area contributed by atoms with E-state index in [1.54, 1.807) is 6.20 Å². The summed E-state index contributed by atoms with van der Waals surface area (Å²) in [5.41, 5.74) is 0. The summed E-state index contributed by atoms with van der Waals surface area (Å²) in [7, 11) is 6.11. The van der Waals surface area contributed by atoms with Crippen LogP contribution in [-0.2, 0) is 13.6 Å². The maximum absolute atomic E-state index is 4.76. The van der Waals surface area contributed by atoms with Gasteiger partial charge in [0.1, 0.15) is 23.3 Å². The molecular weight excluding hydrogens is 340 g/mol. The number of hydrogen-bond donors (Lipinski definition) is 0. The monoisotopic (exact) mass is 370 g/mol. The zero-order valence-electron chi connectivity index (χ0n) is 16.7. The molecule has 1 unspecified atom stereocenters. The van der Waals surface area contributed by atoms with Crippen LogP contribution in [0.1, 0.15) is 43.3 Å². The molecule has 0 N–H and O–H groups in total. The van der Waals surface area contributed by atoms with E-state index in [4.69, 9.17) is 4.98 Å². The average Bonchev–Trinajstić information content (AvgIpc) is 3.33. The third kappa shape index (κ3) is 3.90. The molecule has 8 heteroatoms. The molecule has 4 heterocycles. The molecule has 8 nitrogen and oxygen atoms in total. The number of rotatable bonds is 5. The van der Waals surface area contributed by atoms with Crippen LogP contribution in [0.3, 0.4) is 0 Å². The fourth-order valence-electron chi connectivity index (χ4n) is 4.12. The zero-order chi connectivity index (χ0) is 18.8. The van der Waals surface area contributed by atoms with Gasteiger partial charge in [0, 0.05) is 40.2 Å². The molecule has 27 heavy (non-hydrogen) atoms. The van der Waals surface area contributed by atoms with Crippen LogP contribution in [0.5, 0.6) is 0 Å². The predicted molar refractivity (Wildman–Crippen MR) is 106 cm³/mol. The van der Waals surface area contributed by atoms with Gasteiger partial charge in [-0.3, -0.25) is 9.88 Å². The molecule has 1 atom stereocenters. The Morgan fingerprint density at radius 3 is 2.67 bits per heavy atom. The number of likely N-dealkylation sites (tertiary alicyclic amines) is 1. The third-order valence-corrected chi connectivity index (χ3v) is 5.74. The van der Waals surface area contributed by atoms with E-state index in [-0.39, 0.29) is 0 Å². The van der Waals surface area contributed by atoms with Gasteiger partial charge in [-0.1, -0.05) is 0 Å². The molecule has 0 amide bonds. The van der Waals surface area contributed by atoms with Crippen molar-refractivity contribution in [3.63, 3.8) is 0 Å². The molecule has 0 aromatic carbocycles. The summed E-state index contributed by atoms with van der Waals surface area (Å²) in [6.07, 6.45) is 8.55. The normalized spacial score (nSPS) is 21.0. The fourth-order valence-corrected chi connectivity index (χ4v) is 4.12. The number of anilines is 2. The largest absolute Gasteiger partial charge is 0.361 e. The minimum absolute atomic E-state index is 0.383. The van der Waals surface area contributed by atoms with E-state index >= 15 is 0 Å². The van der Waals surface area contributed by atoms with E-state index in [0.29, 0.717) is 5.92 Å². The van der Waals surface area contributed by atoms with Crippen molar-refractivity contribution in [2.24, 2.45) is 7.05 Å². The van der Waals surface area contributed by atoms with Crippen molar-refractivity contribution in [2.75, 3.05) is 50.1 Å². The Morgan fingerprint density at radius 2 is 1.89 bits per heavy atom. The van der Waals surface area contributed by atoms with Gasteiger partial charge in [0.15, 0.2) is 0 Å². The summed E-state index contributed by atoms with van der Waals surface area (Å²) in [5.74, 6) is 4.41. The van der Waals surface area contributed by atoms with Gasteiger partial charge >= 0.3 is 0 Å². The average molecular weight is 371 g/mol. The van der Waals surface area contributed by atoms with Gasteiger partial charge in [-0.25, -0.2) is 4.98 Å². The van der Waals surface area contributed by atoms with Gasteiger partial charge in [0.2, 0.25) is 0 Å². The lowest BCUT2D eigenvalue weighted by molar-refractivity contribution is 0.317. The lowest BCUT2D eigenvalue weighted by Gasteiger charge is -2.33. The highest BCUT2D eigenvalue weighted by Gasteiger charge is 2.27. The Kier molecular flexibility index (Phi) is 5.24. The maximum Gasteiger partial charge on any atom is 0.149 e. The molecule has 0 spiro atoms. The lowest BCUT2D eigenvalue weighted by atomic mass is 9.97. The van der Waals surface area contributed by atoms with E-state index in [0.717, 1.165) is 55.8 Å². The molecule has 0 saturated carbocycles. The quantitative estimate of drug-likeness (QED) is 0.793. The van der Waals surface area contributed by atoms with Crippen molar-refractivity contribution >= 4 is 11.6 Å². The smallest absolute Gasteiger partial charge is 0.149 e. The molecular formula is C19H30N8. The summed E-state index contributed by atoms with van der Waals surface area (Å²) >= 11 is 0. The van der Waals surface area contributed by atoms with E-state index < -0.39 is 0 Å². The van der Waals surface area contributed by atoms with Crippen molar-refractivity contribution in [1.29, 1.82) is 0 Å². The molecule has 2 aromatic heterocycles. The van der Waals surface area contributed by atoms with Crippen molar-refractivity contribution in [3.8, 4) is 0 Å². The van der Waals surface area contributed by atoms with Crippen LogP contribution in [0, 0.1) is 0 Å². The first-order chi connectivity index (χ1) is 13.1. The second-order valence-corrected chi connectivity index (χ2v) is 7.93. The summed E-state index contributed by atoms with van der Waals surface area (Å²) in [5, 5.41) is 9.08. The van der Waals surface area contributed by atoms with Gasteiger partial charge in [-0.2, -0.15) is 0 Å². The standard InChI is InChI=1S/C19H30N8/c1-24(2)16-11-20-12-17(21-16)27-10-6-7-15(13-27)19-23-22-18(25(19)3)14-26-8-4-5-9-26/h11-12,15H,4-10,13-14H2,1-3H3. The predicted octanol–water partition coefficient (Wildman–Crippen LogP) is 1.65. The Bertz CT molecular complexity index is 765. The summed E-state index contributed by atoms with van der Waals surface area (Å²) in [4.78, 5) is 15.9. The van der Waals surface area contributed by atoms with E-state index in [2.05, 4.69) is 36.6 Å². The van der Waals surface area contributed by atoms with Gasteiger partial charge < -0.3 is 14.4 Å². The molecule has 0 bridgehead atoms. The number of piperidine rings is 1. The molecule has 4 rings (SSSR count). The van der Waals surface area contributed by atoms with Crippen molar-refractivity contribution in [3.05, 3.63) is 24.0 Å². The van der Waals surface area contributed by atoms with Gasteiger partial charge in [-0.05, 0) is 38.8 Å². The van der Waals surface area contributed by atoms with Crippen LogP contribution >= 0.6 is 0 Å². The highest BCUT2D eigenvalue weighted by Crippen LogP contribution is 2.29. The van der Waals surface area contributed by atoms with Gasteiger partial charge in [0.05, 0.1) is 18.9 Å². The highest BCUT2D eigenvalue weighted by atomic mass is 15.3. The SMILES string of the molecule is CN(C)c1cncc(N2CCCC(c3nnc(CN4CCCC4)n3C)C2)n1. The van der Waals surface area contributed by atoms with Crippen LogP contribution in [0.25, 0.3) is 0 Å². The van der Waals surface area contributed by atoms with E-state index in [9.17, 15) is 0 Å². The van der Waals surface area contributed by atoms with Crippen LogP contribution in [0.15, 0.2) is 12.4 Å². The van der Waals surface area contributed by atoms with Crippen LogP contribution in [0.2, 0.25) is 0 Å². The van der Waals surface area contributed by atoms with Gasteiger partial charge in [0.25, 0.3) is 0 Å². The third-order valence-electron chi connectivity index (χ3n) is 5.74. The summed E-state index contributed by atoms with van der Waals surface area (Å²) in [6, 6.07) is 0. The van der Waals surface area contributed by atoms with Crippen LogP contribution in [-0.4, -0.2) is 69.9 Å².